The smallest absolute Gasteiger partial charge is 0.234 e. The van der Waals surface area contributed by atoms with Gasteiger partial charge in [-0.15, -0.1) is 0 Å². The van der Waals surface area contributed by atoms with E-state index in [9.17, 15) is 10.1 Å². The number of nitrogens with one attached hydrogen (secondary N) is 1. The first kappa shape index (κ1) is 19.4. The standard InChI is InChI=1S/C23H27N5O/c24-17-19-7-4-12-25-22(19)28-14-6-13-27(15-16-28)18-21(29)26-23(10-5-11-23)20-8-2-1-3-9-20/h1-4,7-9,12H,5-6,10-11,13-16,18H2,(H,26,29). The summed E-state index contributed by atoms with van der Waals surface area (Å²) in [5.41, 5.74) is 1.63. The molecule has 2 aromatic rings. The number of amides is 1. The predicted octanol–water partition coefficient (Wildman–Crippen LogP) is 2.66. The lowest BCUT2D eigenvalue weighted by molar-refractivity contribution is -0.125. The number of anilines is 1. The van der Waals surface area contributed by atoms with E-state index in [-0.39, 0.29) is 11.4 Å². The molecular weight excluding hydrogens is 362 g/mol. The van der Waals surface area contributed by atoms with Gasteiger partial charge in [-0.25, -0.2) is 4.98 Å². The van der Waals surface area contributed by atoms with Gasteiger partial charge in [0.25, 0.3) is 0 Å². The topological polar surface area (TPSA) is 72.3 Å². The van der Waals surface area contributed by atoms with Gasteiger partial charge < -0.3 is 10.2 Å². The molecule has 2 heterocycles. The molecule has 2 aliphatic rings. The first-order valence-electron chi connectivity index (χ1n) is 10.4. The molecule has 150 valence electrons. The van der Waals surface area contributed by atoms with E-state index in [1.54, 1.807) is 18.3 Å². The van der Waals surface area contributed by atoms with Gasteiger partial charge in [-0.3, -0.25) is 9.69 Å². The summed E-state index contributed by atoms with van der Waals surface area (Å²) in [6.07, 6.45) is 5.84. The average Bonchev–Trinajstić information content (AvgIpc) is 2.97. The van der Waals surface area contributed by atoms with Crippen LogP contribution in [0.4, 0.5) is 5.82 Å². The van der Waals surface area contributed by atoms with Gasteiger partial charge >= 0.3 is 0 Å². The lowest BCUT2D eigenvalue weighted by Crippen LogP contribution is -2.53. The van der Waals surface area contributed by atoms with E-state index in [2.05, 4.69) is 38.3 Å². The number of nitrogens with zero attached hydrogens (tertiary/aromatic N) is 4. The number of carbonyl (C=O) groups is 1. The van der Waals surface area contributed by atoms with Crippen LogP contribution in [0.3, 0.4) is 0 Å². The molecule has 6 nitrogen and oxygen atoms in total. The predicted molar refractivity (Wildman–Crippen MR) is 112 cm³/mol. The largest absolute Gasteiger partial charge is 0.354 e. The summed E-state index contributed by atoms with van der Waals surface area (Å²) in [4.78, 5) is 21.6. The van der Waals surface area contributed by atoms with Crippen LogP contribution in [0.25, 0.3) is 0 Å². The van der Waals surface area contributed by atoms with Crippen molar-refractivity contribution in [2.24, 2.45) is 0 Å². The maximum Gasteiger partial charge on any atom is 0.234 e. The Hall–Kier alpha value is -2.91. The van der Waals surface area contributed by atoms with E-state index in [4.69, 9.17) is 0 Å². The van der Waals surface area contributed by atoms with Gasteiger partial charge in [-0.05, 0) is 43.4 Å². The highest BCUT2D eigenvalue weighted by Gasteiger charge is 2.40. The van der Waals surface area contributed by atoms with E-state index >= 15 is 0 Å². The Morgan fingerprint density at radius 3 is 2.62 bits per heavy atom. The molecule has 1 saturated heterocycles. The Bertz CT molecular complexity index is 888. The number of hydrogen-bond donors (Lipinski definition) is 1. The Morgan fingerprint density at radius 1 is 1.07 bits per heavy atom. The van der Waals surface area contributed by atoms with Crippen molar-refractivity contribution >= 4 is 11.7 Å². The molecule has 1 N–H and O–H groups in total. The summed E-state index contributed by atoms with van der Waals surface area (Å²) in [5, 5.41) is 12.7. The quantitative estimate of drug-likeness (QED) is 0.851. The first-order valence-corrected chi connectivity index (χ1v) is 10.4. The van der Waals surface area contributed by atoms with Crippen molar-refractivity contribution in [1.82, 2.24) is 15.2 Å². The fraction of sp³-hybridized carbons (Fsp3) is 0.435. The highest BCUT2D eigenvalue weighted by Crippen LogP contribution is 2.41. The molecule has 0 radical (unpaired) electrons. The number of carbonyl (C=O) groups excluding carboxylic acids is 1. The van der Waals surface area contributed by atoms with Gasteiger partial charge in [0.1, 0.15) is 11.9 Å². The molecule has 4 rings (SSSR count). The number of hydrogen-bond acceptors (Lipinski definition) is 5. The van der Waals surface area contributed by atoms with Gasteiger partial charge in [0.2, 0.25) is 5.91 Å². The van der Waals surface area contributed by atoms with Crippen LogP contribution in [-0.2, 0) is 10.3 Å². The van der Waals surface area contributed by atoms with Crippen molar-refractivity contribution in [2.45, 2.75) is 31.2 Å². The Labute approximate surface area is 172 Å². The second-order valence-corrected chi connectivity index (χ2v) is 7.95. The number of rotatable bonds is 5. The number of benzene rings is 1. The normalized spacial score (nSPS) is 18.9. The molecule has 1 saturated carbocycles. The zero-order valence-electron chi connectivity index (χ0n) is 16.7. The summed E-state index contributed by atoms with van der Waals surface area (Å²) in [6, 6.07) is 16.1. The van der Waals surface area contributed by atoms with Crippen LogP contribution < -0.4 is 10.2 Å². The third kappa shape index (κ3) is 4.25. The number of nitriles is 1. The fourth-order valence-electron chi connectivity index (χ4n) is 4.36. The van der Waals surface area contributed by atoms with E-state index in [1.165, 1.54) is 5.56 Å². The van der Waals surface area contributed by atoms with E-state index in [1.807, 2.05) is 18.2 Å². The minimum atomic E-state index is -0.189. The van der Waals surface area contributed by atoms with Crippen LogP contribution in [0.5, 0.6) is 0 Å². The van der Waals surface area contributed by atoms with Crippen molar-refractivity contribution in [3.05, 3.63) is 59.8 Å². The molecule has 0 bridgehead atoms. The van der Waals surface area contributed by atoms with E-state index in [0.717, 1.165) is 57.7 Å². The Kier molecular flexibility index (Phi) is 5.77. The summed E-state index contributed by atoms with van der Waals surface area (Å²) in [5.74, 6) is 0.844. The lowest BCUT2D eigenvalue weighted by Gasteiger charge is -2.43. The van der Waals surface area contributed by atoms with Crippen LogP contribution in [0.2, 0.25) is 0 Å². The molecule has 1 aliphatic heterocycles. The van der Waals surface area contributed by atoms with Crippen molar-refractivity contribution in [1.29, 1.82) is 5.26 Å². The molecule has 1 aliphatic carbocycles. The van der Waals surface area contributed by atoms with Crippen LogP contribution in [0, 0.1) is 11.3 Å². The molecule has 0 unspecified atom stereocenters. The van der Waals surface area contributed by atoms with Gasteiger partial charge in [0, 0.05) is 32.4 Å². The Morgan fingerprint density at radius 2 is 1.90 bits per heavy atom. The molecule has 1 aromatic heterocycles. The molecule has 6 heteroatoms. The van der Waals surface area contributed by atoms with Crippen molar-refractivity contribution < 1.29 is 4.79 Å². The third-order valence-electron chi connectivity index (χ3n) is 6.07. The average molecular weight is 390 g/mol. The van der Waals surface area contributed by atoms with Gasteiger partial charge in [-0.1, -0.05) is 30.3 Å². The summed E-state index contributed by atoms with van der Waals surface area (Å²) < 4.78 is 0. The minimum Gasteiger partial charge on any atom is -0.354 e. The zero-order chi connectivity index (χ0) is 20.1. The van der Waals surface area contributed by atoms with Gasteiger partial charge in [0.15, 0.2) is 0 Å². The van der Waals surface area contributed by atoms with Crippen LogP contribution >= 0.6 is 0 Å². The molecule has 0 atom stereocenters. The van der Waals surface area contributed by atoms with E-state index < -0.39 is 0 Å². The molecular formula is C23H27N5O. The number of pyridine rings is 1. The summed E-state index contributed by atoms with van der Waals surface area (Å²) >= 11 is 0. The van der Waals surface area contributed by atoms with Gasteiger partial charge in [0.05, 0.1) is 17.6 Å². The molecule has 0 spiro atoms. The SMILES string of the molecule is N#Cc1cccnc1N1CCCN(CC(=O)NC2(c3ccccc3)CCC2)CC1. The number of aromatic nitrogens is 1. The maximum atomic E-state index is 12.8. The summed E-state index contributed by atoms with van der Waals surface area (Å²) in [6.45, 7) is 3.68. The second-order valence-electron chi connectivity index (χ2n) is 7.95. The second kappa shape index (κ2) is 8.62. The van der Waals surface area contributed by atoms with Crippen molar-refractivity contribution in [3.8, 4) is 6.07 Å². The molecule has 2 fully saturated rings. The van der Waals surface area contributed by atoms with Crippen molar-refractivity contribution in [2.75, 3.05) is 37.6 Å². The highest BCUT2D eigenvalue weighted by molar-refractivity contribution is 5.79. The van der Waals surface area contributed by atoms with Crippen LogP contribution in [-0.4, -0.2) is 48.5 Å². The Balaban J connectivity index is 1.36. The maximum absolute atomic E-state index is 12.8. The summed E-state index contributed by atoms with van der Waals surface area (Å²) in [7, 11) is 0. The van der Waals surface area contributed by atoms with E-state index in [0.29, 0.717) is 12.1 Å². The zero-order valence-corrected chi connectivity index (χ0v) is 16.7. The molecule has 29 heavy (non-hydrogen) atoms. The lowest BCUT2D eigenvalue weighted by atomic mass is 9.72. The van der Waals surface area contributed by atoms with Gasteiger partial charge in [-0.2, -0.15) is 5.26 Å². The fourth-order valence-corrected chi connectivity index (χ4v) is 4.36. The van der Waals surface area contributed by atoms with Crippen molar-refractivity contribution in [3.63, 3.8) is 0 Å². The third-order valence-corrected chi connectivity index (χ3v) is 6.07. The molecule has 1 aromatic carbocycles. The molecule has 1 amide bonds. The minimum absolute atomic E-state index is 0.0950. The van der Waals surface area contributed by atoms with Crippen LogP contribution in [0.15, 0.2) is 48.7 Å². The monoisotopic (exact) mass is 389 g/mol. The van der Waals surface area contributed by atoms with Crippen LogP contribution in [0.1, 0.15) is 36.8 Å². The highest BCUT2D eigenvalue weighted by atomic mass is 16.2. The first-order chi connectivity index (χ1) is 14.2.